The van der Waals surface area contributed by atoms with Crippen LogP contribution in [0.5, 0.6) is 5.75 Å². The van der Waals surface area contributed by atoms with Crippen LogP contribution in [0, 0.1) is 0 Å². The molecule has 0 heterocycles. The molecular weight excluding hydrogens is 314 g/mol. The van der Waals surface area contributed by atoms with E-state index < -0.39 is 9.84 Å². The van der Waals surface area contributed by atoms with Crippen LogP contribution in [0.25, 0.3) is 6.08 Å². The summed E-state index contributed by atoms with van der Waals surface area (Å²) in [5, 5.41) is 2.67. The van der Waals surface area contributed by atoms with E-state index in [0.29, 0.717) is 11.4 Å². The first-order valence-electron chi connectivity index (χ1n) is 6.82. The molecule has 2 aromatic rings. The second-order valence-corrected chi connectivity index (χ2v) is 6.91. The first-order valence-corrected chi connectivity index (χ1v) is 8.71. The van der Waals surface area contributed by atoms with Crippen molar-refractivity contribution in [3.63, 3.8) is 0 Å². The van der Waals surface area contributed by atoms with E-state index in [1.54, 1.807) is 25.3 Å². The number of amides is 1. The number of benzene rings is 2. The highest BCUT2D eigenvalue weighted by Gasteiger charge is 2.06. The van der Waals surface area contributed by atoms with Crippen molar-refractivity contribution in [3.05, 3.63) is 60.2 Å². The van der Waals surface area contributed by atoms with Gasteiger partial charge in [-0.3, -0.25) is 4.79 Å². The normalized spacial score (nSPS) is 11.4. The van der Waals surface area contributed by atoms with E-state index in [9.17, 15) is 13.2 Å². The lowest BCUT2D eigenvalue weighted by atomic mass is 10.2. The number of carbonyl (C=O) groups is 1. The molecule has 0 radical (unpaired) electrons. The van der Waals surface area contributed by atoms with Crippen molar-refractivity contribution < 1.29 is 17.9 Å². The van der Waals surface area contributed by atoms with Gasteiger partial charge in [0.1, 0.15) is 5.75 Å². The van der Waals surface area contributed by atoms with Crippen LogP contribution < -0.4 is 10.1 Å². The van der Waals surface area contributed by atoms with E-state index in [-0.39, 0.29) is 10.8 Å². The van der Waals surface area contributed by atoms with Gasteiger partial charge in [0.25, 0.3) is 0 Å². The minimum atomic E-state index is -3.24. The number of carbonyl (C=O) groups excluding carboxylic acids is 1. The third-order valence-corrected chi connectivity index (χ3v) is 4.20. The fraction of sp³-hybridized carbons (Fsp3) is 0.118. The highest BCUT2D eigenvalue weighted by Crippen LogP contribution is 2.15. The number of anilines is 1. The van der Waals surface area contributed by atoms with Crippen LogP contribution in [0.4, 0.5) is 5.69 Å². The van der Waals surface area contributed by atoms with E-state index in [1.165, 1.54) is 18.2 Å². The highest BCUT2D eigenvalue weighted by molar-refractivity contribution is 7.90. The second-order valence-electron chi connectivity index (χ2n) is 4.90. The standard InChI is InChI=1S/C17H17NO4S/c1-22-15-5-3-4-13(12-15)6-11-17(19)18-14-7-9-16(10-8-14)23(2,20)21/h3-12H,1-2H3,(H,18,19)/b11-6+. The maximum Gasteiger partial charge on any atom is 0.248 e. The monoisotopic (exact) mass is 331 g/mol. The number of hydrogen-bond donors (Lipinski definition) is 1. The highest BCUT2D eigenvalue weighted by atomic mass is 32.2. The molecule has 0 aromatic heterocycles. The van der Waals surface area contributed by atoms with Gasteiger partial charge in [-0.2, -0.15) is 0 Å². The van der Waals surface area contributed by atoms with E-state index in [2.05, 4.69) is 5.32 Å². The van der Waals surface area contributed by atoms with E-state index in [0.717, 1.165) is 11.8 Å². The third-order valence-electron chi connectivity index (χ3n) is 3.07. The van der Waals surface area contributed by atoms with Gasteiger partial charge >= 0.3 is 0 Å². The van der Waals surface area contributed by atoms with Gasteiger partial charge in [0.2, 0.25) is 5.91 Å². The Labute approximate surface area is 135 Å². The van der Waals surface area contributed by atoms with Crippen molar-refractivity contribution in [2.75, 3.05) is 18.7 Å². The zero-order chi connectivity index (χ0) is 16.9. The van der Waals surface area contributed by atoms with Crippen LogP contribution in [-0.4, -0.2) is 27.7 Å². The molecule has 0 spiro atoms. The lowest BCUT2D eigenvalue weighted by molar-refractivity contribution is -0.111. The number of nitrogens with one attached hydrogen (secondary N) is 1. The average Bonchev–Trinajstić information content (AvgIpc) is 2.53. The molecule has 0 saturated heterocycles. The Bertz CT molecular complexity index is 824. The van der Waals surface area contributed by atoms with Crippen LogP contribution in [0.3, 0.4) is 0 Å². The summed E-state index contributed by atoms with van der Waals surface area (Å²) in [6, 6.07) is 13.3. The fourth-order valence-electron chi connectivity index (χ4n) is 1.89. The zero-order valence-electron chi connectivity index (χ0n) is 12.8. The Morgan fingerprint density at radius 1 is 1.13 bits per heavy atom. The molecule has 0 saturated carbocycles. The molecule has 2 rings (SSSR count). The first-order chi connectivity index (χ1) is 10.9. The number of sulfone groups is 1. The number of hydrogen-bond acceptors (Lipinski definition) is 4. The molecule has 6 heteroatoms. The summed E-state index contributed by atoms with van der Waals surface area (Å²) in [7, 11) is -1.66. The maximum atomic E-state index is 11.9. The van der Waals surface area contributed by atoms with Crippen molar-refractivity contribution >= 4 is 27.5 Å². The Morgan fingerprint density at radius 3 is 2.43 bits per heavy atom. The number of methoxy groups -OCH3 is 1. The Hall–Kier alpha value is -2.60. The van der Waals surface area contributed by atoms with Crippen molar-refractivity contribution in [1.82, 2.24) is 0 Å². The molecule has 0 bridgehead atoms. The van der Waals surface area contributed by atoms with Crippen LogP contribution in [0.1, 0.15) is 5.56 Å². The lowest BCUT2D eigenvalue weighted by Crippen LogP contribution is -2.08. The molecule has 5 nitrogen and oxygen atoms in total. The largest absolute Gasteiger partial charge is 0.497 e. The molecule has 120 valence electrons. The quantitative estimate of drug-likeness (QED) is 0.855. The maximum absolute atomic E-state index is 11.9. The molecule has 0 aliphatic rings. The molecule has 0 aliphatic heterocycles. The van der Waals surface area contributed by atoms with Gasteiger partial charge in [-0.25, -0.2) is 8.42 Å². The van der Waals surface area contributed by atoms with E-state index in [4.69, 9.17) is 4.74 Å². The van der Waals surface area contributed by atoms with E-state index >= 15 is 0 Å². The van der Waals surface area contributed by atoms with E-state index in [1.807, 2.05) is 24.3 Å². The van der Waals surface area contributed by atoms with Gasteiger partial charge in [-0.1, -0.05) is 12.1 Å². The molecular formula is C17H17NO4S. The molecule has 0 aliphatic carbocycles. The van der Waals surface area contributed by atoms with Gasteiger partial charge in [-0.05, 0) is 48.0 Å². The molecule has 23 heavy (non-hydrogen) atoms. The Balaban J connectivity index is 2.03. The average molecular weight is 331 g/mol. The van der Waals surface area contributed by atoms with Gasteiger partial charge < -0.3 is 10.1 Å². The molecule has 2 aromatic carbocycles. The summed E-state index contributed by atoms with van der Waals surface area (Å²) in [6.45, 7) is 0. The summed E-state index contributed by atoms with van der Waals surface area (Å²) in [6.07, 6.45) is 4.21. The number of rotatable bonds is 5. The Morgan fingerprint density at radius 2 is 1.83 bits per heavy atom. The molecule has 0 fully saturated rings. The first kappa shape index (κ1) is 16.8. The third kappa shape index (κ3) is 4.96. The predicted molar refractivity (Wildman–Crippen MR) is 90.2 cm³/mol. The van der Waals surface area contributed by atoms with Gasteiger partial charge in [0.15, 0.2) is 9.84 Å². The molecule has 0 unspecified atom stereocenters. The number of ether oxygens (including phenoxy) is 1. The summed E-state index contributed by atoms with van der Waals surface area (Å²) in [5.41, 5.74) is 1.37. The minimum absolute atomic E-state index is 0.211. The topological polar surface area (TPSA) is 72.5 Å². The minimum Gasteiger partial charge on any atom is -0.497 e. The van der Waals surface area contributed by atoms with Crippen LogP contribution in [-0.2, 0) is 14.6 Å². The lowest BCUT2D eigenvalue weighted by Gasteiger charge is -2.04. The molecule has 1 N–H and O–H groups in total. The second kappa shape index (κ2) is 7.11. The van der Waals surface area contributed by atoms with Crippen molar-refractivity contribution in [2.45, 2.75) is 4.90 Å². The predicted octanol–water partition coefficient (Wildman–Crippen LogP) is 2.75. The molecule has 1 amide bonds. The smallest absolute Gasteiger partial charge is 0.248 e. The van der Waals surface area contributed by atoms with Crippen LogP contribution in [0.2, 0.25) is 0 Å². The van der Waals surface area contributed by atoms with Gasteiger partial charge in [-0.15, -0.1) is 0 Å². The van der Waals surface area contributed by atoms with Crippen molar-refractivity contribution in [3.8, 4) is 5.75 Å². The van der Waals surface area contributed by atoms with Crippen molar-refractivity contribution in [2.24, 2.45) is 0 Å². The SMILES string of the molecule is COc1cccc(/C=C/C(=O)Nc2ccc(S(C)(=O)=O)cc2)c1. The zero-order valence-corrected chi connectivity index (χ0v) is 13.6. The summed E-state index contributed by atoms with van der Waals surface area (Å²) in [4.78, 5) is 12.1. The van der Waals surface area contributed by atoms with Crippen LogP contribution >= 0.6 is 0 Å². The summed E-state index contributed by atoms with van der Waals surface area (Å²) >= 11 is 0. The van der Waals surface area contributed by atoms with Gasteiger partial charge in [0.05, 0.1) is 12.0 Å². The Kier molecular flexibility index (Phi) is 5.18. The molecule has 0 atom stereocenters. The van der Waals surface area contributed by atoms with Crippen molar-refractivity contribution in [1.29, 1.82) is 0 Å². The van der Waals surface area contributed by atoms with Gasteiger partial charge in [0, 0.05) is 18.0 Å². The fourth-order valence-corrected chi connectivity index (χ4v) is 2.52. The van der Waals surface area contributed by atoms with Crippen LogP contribution in [0.15, 0.2) is 59.5 Å². The summed E-state index contributed by atoms with van der Waals surface area (Å²) in [5.74, 6) is 0.406. The summed E-state index contributed by atoms with van der Waals surface area (Å²) < 4.78 is 27.9.